The third kappa shape index (κ3) is 3.78. The van der Waals surface area contributed by atoms with Crippen molar-refractivity contribution in [2.24, 2.45) is 5.73 Å². The maximum atomic E-state index is 6.37. The first kappa shape index (κ1) is 14.5. The average molecular weight is 262 g/mol. The summed E-state index contributed by atoms with van der Waals surface area (Å²) < 4.78 is 5.86. The molecule has 0 bridgehead atoms. The maximum Gasteiger partial charge on any atom is 0.0894 e. The SMILES string of the molecule is CCCN1CCOC(C(N)c2ccc(CC)cc2)C1. The van der Waals surface area contributed by atoms with Gasteiger partial charge in [-0.05, 0) is 30.5 Å². The van der Waals surface area contributed by atoms with Crippen molar-refractivity contribution >= 4 is 0 Å². The summed E-state index contributed by atoms with van der Waals surface area (Å²) in [5.74, 6) is 0. The fraction of sp³-hybridized carbons (Fsp3) is 0.625. The normalized spacial score (nSPS) is 22.4. The highest BCUT2D eigenvalue weighted by atomic mass is 16.5. The van der Waals surface area contributed by atoms with E-state index < -0.39 is 0 Å². The third-order valence-electron chi connectivity index (χ3n) is 3.89. The molecule has 3 nitrogen and oxygen atoms in total. The lowest BCUT2D eigenvalue weighted by Gasteiger charge is -2.35. The molecule has 2 unspecified atom stereocenters. The molecule has 0 spiro atoms. The minimum atomic E-state index is -0.0226. The molecule has 0 radical (unpaired) electrons. The Labute approximate surface area is 116 Å². The van der Waals surface area contributed by atoms with Crippen molar-refractivity contribution in [3.8, 4) is 0 Å². The van der Waals surface area contributed by atoms with Crippen LogP contribution in [0.4, 0.5) is 0 Å². The first-order valence-electron chi connectivity index (χ1n) is 7.43. The molecule has 1 aromatic carbocycles. The summed E-state index contributed by atoms with van der Waals surface area (Å²) in [7, 11) is 0. The molecule has 2 N–H and O–H groups in total. The number of morpholine rings is 1. The van der Waals surface area contributed by atoms with Crippen LogP contribution in [0.15, 0.2) is 24.3 Å². The summed E-state index contributed by atoms with van der Waals surface area (Å²) >= 11 is 0. The number of nitrogens with two attached hydrogens (primary N) is 1. The van der Waals surface area contributed by atoms with E-state index >= 15 is 0 Å². The van der Waals surface area contributed by atoms with E-state index in [4.69, 9.17) is 10.5 Å². The van der Waals surface area contributed by atoms with Gasteiger partial charge in [0.05, 0.1) is 18.8 Å². The second kappa shape index (κ2) is 7.04. The smallest absolute Gasteiger partial charge is 0.0894 e. The van der Waals surface area contributed by atoms with E-state index in [9.17, 15) is 0 Å². The van der Waals surface area contributed by atoms with Crippen molar-refractivity contribution in [3.63, 3.8) is 0 Å². The van der Waals surface area contributed by atoms with Gasteiger partial charge in [0, 0.05) is 13.1 Å². The molecule has 0 saturated carbocycles. The zero-order chi connectivity index (χ0) is 13.7. The van der Waals surface area contributed by atoms with Gasteiger partial charge in [-0.15, -0.1) is 0 Å². The second-order valence-corrected chi connectivity index (χ2v) is 5.33. The molecule has 2 atom stereocenters. The van der Waals surface area contributed by atoms with Crippen LogP contribution >= 0.6 is 0 Å². The van der Waals surface area contributed by atoms with Gasteiger partial charge < -0.3 is 10.5 Å². The van der Waals surface area contributed by atoms with Crippen molar-refractivity contribution in [1.29, 1.82) is 0 Å². The molecule has 3 heteroatoms. The number of nitrogens with zero attached hydrogens (tertiary/aromatic N) is 1. The number of rotatable bonds is 5. The highest BCUT2D eigenvalue weighted by molar-refractivity contribution is 5.25. The predicted molar refractivity (Wildman–Crippen MR) is 79.2 cm³/mol. The maximum absolute atomic E-state index is 6.37. The molecule has 1 saturated heterocycles. The zero-order valence-electron chi connectivity index (χ0n) is 12.1. The average Bonchev–Trinajstić information content (AvgIpc) is 2.47. The molecule has 106 valence electrons. The molecule has 1 aromatic rings. The van der Waals surface area contributed by atoms with Gasteiger partial charge in [0.25, 0.3) is 0 Å². The van der Waals surface area contributed by atoms with Crippen molar-refractivity contribution in [2.75, 3.05) is 26.2 Å². The molecule has 0 aromatic heterocycles. The van der Waals surface area contributed by atoms with Gasteiger partial charge in [-0.25, -0.2) is 0 Å². The molecule has 1 aliphatic heterocycles. The summed E-state index contributed by atoms with van der Waals surface area (Å²) in [5, 5.41) is 0. The van der Waals surface area contributed by atoms with Crippen LogP contribution < -0.4 is 5.73 Å². The molecule has 0 aliphatic carbocycles. The van der Waals surface area contributed by atoms with Crippen molar-refractivity contribution < 1.29 is 4.74 Å². The Morgan fingerprint density at radius 1 is 1.32 bits per heavy atom. The van der Waals surface area contributed by atoms with Gasteiger partial charge in [-0.1, -0.05) is 38.1 Å². The number of hydrogen-bond donors (Lipinski definition) is 1. The summed E-state index contributed by atoms with van der Waals surface area (Å²) in [4.78, 5) is 2.45. The van der Waals surface area contributed by atoms with E-state index in [1.54, 1.807) is 0 Å². The van der Waals surface area contributed by atoms with Crippen molar-refractivity contribution in [3.05, 3.63) is 35.4 Å². The highest BCUT2D eigenvalue weighted by Gasteiger charge is 2.26. The number of ether oxygens (including phenoxy) is 1. The Morgan fingerprint density at radius 3 is 2.68 bits per heavy atom. The Balaban J connectivity index is 1.99. The first-order valence-corrected chi connectivity index (χ1v) is 7.43. The van der Waals surface area contributed by atoms with E-state index in [0.717, 1.165) is 32.7 Å². The van der Waals surface area contributed by atoms with Gasteiger partial charge in [-0.3, -0.25) is 4.90 Å². The number of benzene rings is 1. The van der Waals surface area contributed by atoms with Crippen molar-refractivity contribution in [2.45, 2.75) is 38.8 Å². The topological polar surface area (TPSA) is 38.5 Å². The van der Waals surface area contributed by atoms with E-state index in [-0.39, 0.29) is 12.1 Å². The van der Waals surface area contributed by atoms with Gasteiger partial charge in [0.1, 0.15) is 0 Å². The molecular weight excluding hydrogens is 236 g/mol. The minimum absolute atomic E-state index is 0.0226. The fourth-order valence-electron chi connectivity index (χ4n) is 2.66. The molecule has 1 heterocycles. The molecule has 0 amide bonds. The lowest BCUT2D eigenvalue weighted by molar-refractivity contribution is -0.0407. The van der Waals surface area contributed by atoms with Crippen LogP contribution in [0.2, 0.25) is 0 Å². The molecule has 1 fully saturated rings. The standard InChI is InChI=1S/C16H26N2O/c1-3-9-18-10-11-19-15(12-18)16(17)14-7-5-13(4-2)6-8-14/h5-8,15-16H,3-4,9-12,17H2,1-2H3. The Morgan fingerprint density at radius 2 is 2.05 bits per heavy atom. The highest BCUT2D eigenvalue weighted by Crippen LogP contribution is 2.21. The zero-order valence-corrected chi connectivity index (χ0v) is 12.1. The van der Waals surface area contributed by atoms with Gasteiger partial charge in [0.2, 0.25) is 0 Å². The largest absolute Gasteiger partial charge is 0.374 e. The minimum Gasteiger partial charge on any atom is -0.374 e. The van der Waals surface area contributed by atoms with Gasteiger partial charge in [-0.2, -0.15) is 0 Å². The van der Waals surface area contributed by atoms with Crippen LogP contribution in [0.3, 0.4) is 0 Å². The summed E-state index contributed by atoms with van der Waals surface area (Å²) in [6.07, 6.45) is 2.38. The quantitative estimate of drug-likeness (QED) is 0.885. The van der Waals surface area contributed by atoms with Crippen LogP contribution in [-0.2, 0) is 11.2 Å². The van der Waals surface area contributed by atoms with E-state index in [0.29, 0.717) is 0 Å². The Kier molecular flexibility index (Phi) is 5.37. The van der Waals surface area contributed by atoms with Crippen LogP contribution in [0.1, 0.15) is 37.4 Å². The van der Waals surface area contributed by atoms with Crippen LogP contribution in [0.5, 0.6) is 0 Å². The Hall–Kier alpha value is -0.900. The monoisotopic (exact) mass is 262 g/mol. The van der Waals surface area contributed by atoms with Crippen molar-refractivity contribution in [1.82, 2.24) is 4.90 Å². The van der Waals surface area contributed by atoms with E-state index in [1.165, 1.54) is 17.5 Å². The second-order valence-electron chi connectivity index (χ2n) is 5.33. The number of aryl methyl sites for hydroxylation is 1. The summed E-state index contributed by atoms with van der Waals surface area (Å²) in [5.41, 5.74) is 8.90. The lowest BCUT2D eigenvalue weighted by Crippen LogP contribution is -2.47. The van der Waals surface area contributed by atoms with Gasteiger partial charge >= 0.3 is 0 Å². The van der Waals surface area contributed by atoms with E-state index in [2.05, 4.69) is 43.0 Å². The molecule has 19 heavy (non-hydrogen) atoms. The van der Waals surface area contributed by atoms with Gasteiger partial charge in [0.15, 0.2) is 0 Å². The lowest BCUT2D eigenvalue weighted by atomic mass is 9.99. The predicted octanol–water partition coefficient (Wildman–Crippen LogP) is 2.36. The third-order valence-corrected chi connectivity index (χ3v) is 3.89. The summed E-state index contributed by atoms with van der Waals surface area (Å²) in [6, 6.07) is 8.60. The van der Waals surface area contributed by atoms with E-state index in [1.807, 2.05) is 0 Å². The molecule has 1 aliphatic rings. The number of hydrogen-bond acceptors (Lipinski definition) is 3. The van der Waals surface area contributed by atoms with Crippen LogP contribution in [0, 0.1) is 0 Å². The van der Waals surface area contributed by atoms with Crippen LogP contribution in [-0.4, -0.2) is 37.2 Å². The van der Waals surface area contributed by atoms with Crippen LogP contribution in [0.25, 0.3) is 0 Å². The molecular formula is C16H26N2O. The summed E-state index contributed by atoms with van der Waals surface area (Å²) in [6.45, 7) is 8.30. The Bertz CT molecular complexity index is 375. The first-order chi connectivity index (χ1) is 9.24. The molecule has 2 rings (SSSR count). The fourth-order valence-corrected chi connectivity index (χ4v) is 2.66.